The summed E-state index contributed by atoms with van der Waals surface area (Å²) in [6.07, 6.45) is -1.06. The summed E-state index contributed by atoms with van der Waals surface area (Å²) in [4.78, 5) is 33.2. The second-order valence-electron chi connectivity index (χ2n) is 6.30. The molecule has 1 aliphatic rings. The maximum atomic E-state index is 12.9. The SMILES string of the molecule is CCN(CC)C(=O)CN1C(=O)[C@@H](N)N=C(c2ccccc2)c2ccccc21. The fraction of sp³-hybridized carbons (Fsp3) is 0.286. The van der Waals surface area contributed by atoms with E-state index in [1.807, 2.05) is 68.4 Å². The summed E-state index contributed by atoms with van der Waals surface area (Å²) in [6, 6.07) is 17.1. The Kier molecular flexibility index (Phi) is 5.66. The van der Waals surface area contributed by atoms with Crippen LogP contribution in [0.25, 0.3) is 0 Å². The number of nitrogens with two attached hydrogens (primary N) is 1. The predicted octanol–water partition coefficient (Wildman–Crippen LogP) is 2.02. The summed E-state index contributed by atoms with van der Waals surface area (Å²) in [7, 11) is 0. The zero-order valence-corrected chi connectivity index (χ0v) is 15.6. The van der Waals surface area contributed by atoms with Crippen LogP contribution in [-0.2, 0) is 9.59 Å². The summed E-state index contributed by atoms with van der Waals surface area (Å²) >= 11 is 0. The predicted molar refractivity (Wildman–Crippen MR) is 107 cm³/mol. The number of anilines is 1. The first-order valence-electron chi connectivity index (χ1n) is 9.14. The lowest BCUT2D eigenvalue weighted by Gasteiger charge is -2.27. The first-order chi connectivity index (χ1) is 13.1. The van der Waals surface area contributed by atoms with Gasteiger partial charge in [-0.3, -0.25) is 19.5 Å². The molecule has 2 N–H and O–H groups in total. The minimum Gasteiger partial charge on any atom is -0.342 e. The zero-order valence-electron chi connectivity index (χ0n) is 15.6. The number of benzodiazepines with no additional fused rings is 1. The van der Waals surface area contributed by atoms with E-state index in [1.54, 1.807) is 4.90 Å². The van der Waals surface area contributed by atoms with Gasteiger partial charge in [0, 0.05) is 24.2 Å². The molecule has 0 saturated carbocycles. The highest BCUT2D eigenvalue weighted by molar-refractivity contribution is 6.20. The van der Waals surface area contributed by atoms with Crippen molar-refractivity contribution in [3.05, 3.63) is 65.7 Å². The molecule has 0 radical (unpaired) electrons. The number of rotatable bonds is 5. The second-order valence-corrected chi connectivity index (χ2v) is 6.30. The van der Waals surface area contributed by atoms with E-state index < -0.39 is 6.17 Å². The summed E-state index contributed by atoms with van der Waals surface area (Å²) in [5.74, 6) is -0.493. The van der Waals surface area contributed by atoms with Crippen LogP contribution in [0.5, 0.6) is 0 Å². The fourth-order valence-corrected chi connectivity index (χ4v) is 3.25. The molecular formula is C21H24N4O2. The van der Waals surface area contributed by atoms with Crippen molar-refractivity contribution in [3.63, 3.8) is 0 Å². The van der Waals surface area contributed by atoms with Gasteiger partial charge >= 0.3 is 0 Å². The molecule has 3 rings (SSSR count). The van der Waals surface area contributed by atoms with E-state index in [-0.39, 0.29) is 18.4 Å². The van der Waals surface area contributed by atoms with Crippen LogP contribution < -0.4 is 10.6 Å². The molecule has 0 unspecified atom stereocenters. The molecule has 6 heteroatoms. The number of carbonyl (C=O) groups excluding carboxylic acids is 2. The third kappa shape index (κ3) is 3.75. The van der Waals surface area contributed by atoms with Crippen molar-refractivity contribution in [1.82, 2.24) is 4.90 Å². The summed E-state index contributed by atoms with van der Waals surface area (Å²) in [5.41, 5.74) is 9.07. The third-order valence-electron chi connectivity index (χ3n) is 4.69. The minimum atomic E-state index is -1.06. The van der Waals surface area contributed by atoms with Crippen molar-refractivity contribution < 1.29 is 9.59 Å². The molecule has 1 heterocycles. The lowest BCUT2D eigenvalue weighted by atomic mass is 10.0. The fourth-order valence-electron chi connectivity index (χ4n) is 3.25. The normalized spacial score (nSPS) is 16.4. The Labute approximate surface area is 159 Å². The van der Waals surface area contributed by atoms with E-state index in [1.165, 1.54) is 4.90 Å². The topological polar surface area (TPSA) is 79.0 Å². The number of benzene rings is 2. The largest absolute Gasteiger partial charge is 0.342 e. The van der Waals surface area contributed by atoms with Crippen LogP contribution in [0.3, 0.4) is 0 Å². The number of amides is 2. The molecule has 0 saturated heterocycles. The Morgan fingerprint density at radius 1 is 1.07 bits per heavy atom. The molecule has 0 bridgehead atoms. The molecule has 2 aromatic rings. The van der Waals surface area contributed by atoms with Gasteiger partial charge in [0.25, 0.3) is 5.91 Å². The van der Waals surface area contributed by atoms with Crippen molar-refractivity contribution >= 4 is 23.2 Å². The molecule has 0 spiro atoms. The van der Waals surface area contributed by atoms with Crippen molar-refractivity contribution in [2.75, 3.05) is 24.5 Å². The van der Waals surface area contributed by atoms with E-state index in [0.717, 1.165) is 11.1 Å². The van der Waals surface area contributed by atoms with Crippen LogP contribution in [0, 0.1) is 0 Å². The van der Waals surface area contributed by atoms with Gasteiger partial charge in [-0.05, 0) is 19.9 Å². The van der Waals surface area contributed by atoms with Crippen LogP contribution in [-0.4, -0.2) is 48.2 Å². The highest BCUT2D eigenvalue weighted by atomic mass is 16.2. The Morgan fingerprint density at radius 3 is 2.37 bits per heavy atom. The molecule has 0 aliphatic carbocycles. The zero-order chi connectivity index (χ0) is 19.4. The van der Waals surface area contributed by atoms with Gasteiger partial charge in [-0.1, -0.05) is 48.5 Å². The van der Waals surface area contributed by atoms with Crippen LogP contribution in [0.2, 0.25) is 0 Å². The average molecular weight is 364 g/mol. The molecule has 1 aliphatic heterocycles. The molecule has 2 aromatic carbocycles. The second kappa shape index (κ2) is 8.14. The van der Waals surface area contributed by atoms with Gasteiger partial charge in [-0.25, -0.2) is 0 Å². The molecule has 1 atom stereocenters. The van der Waals surface area contributed by atoms with Gasteiger partial charge in [0.15, 0.2) is 6.17 Å². The molecule has 2 amide bonds. The molecule has 27 heavy (non-hydrogen) atoms. The van der Waals surface area contributed by atoms with Crippen LogP contribution in [0.15, 0.2) is 59.6 Å². The third-order valence-corrected chi connectivity index (χ3v) is 4.69. The van der Waals surface area contributed by atoms with Crippen LogP contribution in [0.1, 0.15) is 25.0 Å². The molecule has 0 aromatic heterocycles. The monoisotopic (exact) mass is 364 g/mol. The summed E-state index contributed by atoms with van der Waals surface area (Å²) < 4.78 is 0. The van der Waals surface area contributed by atoms with Crippen molar-refractivity contribution in [1.29, 1.82) is 0 Å². The van der Waals surface area contributed by atoms with Gasteiger partial charge < -0.3 is 10.6 Å². The number of hydrogen-bond donors (Lipinski definition) is 1. The quantitative estimate of drug-likeness (QED) is 0.882. The van der Waals surface area contributed by atoms with Crippen LogP contribution >= 0.6 is 0 Å². The van der Waals surface area contributed by atoms with Gasteiger partial charge in [-0.2, -0.15) is 0 Å². The molecule has 0 fully saturated rings. The van der Waals surface area contributed by atoms with E-state index in [4.69, 9.17) is 5.73 Å². The number of nitrogens with zero attached hydrogens (tertiary/aromatic N) is 3. The number of carbonyl (C=O) groups is 2. The Hall–Kier alpha value is -2.99. The number of likely N-dealkylation sites (N-methyl/N-ethyl adjacent to an activating group) is 1. The maximum absolute atomic E-state index is 12.9. The van der Waals surface area contributed by atoms with Gasteiger partial charge in [0.05, 0.1) is 11.4 Å². The maximum Gasteiger partial charge on any atom is 0.266 e. The van der Waals surface area contributed by atoms with Crippen LogP contribution in [0.4, 0.5) is 5.69 Å². The van der Waals surface area contributed by atoms with Crippen molar-refractivity contribution in [2.24, 2.45) is 10.7 Å². The highest BCUT2D eigenvalue weighted by Crippen LogP contribution is 2.27. The summed E-state index contributed by atoms with van der Waals surface area (Å²) in [5, 5.41) is 0. The number of aliphatic imine (C=N–C) groups is 1. The standard InChI is InChI=1S/C21H24N4O2/c1-3-24(4-2)18(26)14-25-17-13-9-8-12-16(17)19(23-20(22)21(25)27)15-10-6-5-7-11-15/h5-13,20H,3-4,14,22H2,1-2H3/t20-/m0/s1. The van der Waals surface area contributed by atoms with Gasteiger partial charge in [-0.15, -0.1) is 0 Å². The van der Waals surface area contributed by atoms with E-state index in [0.29, 0.717) is 24.5 Å². The van der Waals surface area contributed by atoms with E-state index >= 15 is 0 Å². The van der Waals surface area contributed by atoms with Gasteiger partial charge in [0.1, 0.15) is 6.54 Å². The molecule has 140 valence electrons. The Morgan fingerprint density at radius 2 is 1.70 bits per heavy atom. The summed E-state index contributed by atoms with van der Waals surface area (Å²) in [6.45, 7) is 4.97. The number of para-hydroxylation sites is 1. The highest BCUT2D eigenvalue weighted by Gasteiger charge is 2.31. The lowest BCUT2D eigenvalue weighted by Crippen LogP contribution is -2.48. The lowest BCUT2D eigenvalue weighted by molar-refractivity contribution is -0.131. The smallest absolute Gasteiger partial charge is 0.266 e. The number of hydrogen-bond acceptors (Lipinski definition) is 4. The first kappa shape index (κ1) is 18.8. The molecule has 6 nitrogen and oxygen atoms in total. The van der Waals surface area contributed by atoms with Gasteiger partial charge in [0.2, 0.25) is 5.91 Å². The van der Waals surface area contributed by atoms with Crippen molar-refractivity contribution in [2.45, 2.75) is 20.0 Å². The van der Waals surface area contributed by atoms with Crippen molar-refractivity contribution in [3.8, 4) is 0 Å². The Balaban J connectivity index is 2.07. The number of fused-ring (bicyclic) bond motifs is 1. The Bertz CT molecular complexity index is 859. The first-order valence-corrected chi connectivity index (χ1v) is 9.14. The average Bonchev–Trinajstić information content (AvgIpc) is 2.80. The van der Waals surface area contributed by atoms with E-state index in [9.17, 15) is 9.59 Å². The molecular weight excluding hydrogens is 340 g/mol. The minimum absolute atomic E-state index is 0.0528. The van der Waals surface area contributed by atoms with E-state index in [2.05, 4.69) is 4.99 Å².